The zero-order valence-electron chi connectivity index (χ0n) is 8.44. The third kappa shape index (κ3) is 3.77. The fourth-order valence-corrected chi connectivity index (χ4v) is 1.09. The monoisotopic (exact) mass is 228 g/mol. The molecule has 0 aliphatic heterocycles. The van der Waals surface area contributed by atoms with Crippen LogP contribution in [0.4, 0.5) is 4.79 Å². The van der Waals surface area contributed by atoms with E-state index in [2.05, 4.69) is 0 Å². The Morgan fingerprint density at radius 2 is 2.07 bits per heavy atom. The van der Waals surface area contributed by atoms with E-state index in [4.69, 9.17) is 22.1 Å². The lowest BCUT2D eigenvalue weighted by molar-refractivity contribution is 0.164. The number of carbonyl (C=O) groups is 1. The molecule has 0 aliphatic carbocycles. The minimum absolute atomic E-state index is 0.409. The van der Waals surface area contributed by atoms with Crippen LogP contribution in [0.25, 0.3) is 0 Å². The molecule has 1 amide bonds. The molecule has 15 heavy (non-hydrogen) atoms. The zero-order valence-corrected chi connectivity index (χ0v) is 9.20. The van der Waals surface area contributed by atoms with Crippen molar-refractivity contribution in [3.63, 3.8) is 0 Å². The number of rotatable bonds is 3. The van der Waals surface area contributed by atoms with Crippen LogP contribution in [0.1, 0.15) is 0 Å². The van der Waals surface area contributed by atoms with E-state index in [-0.39, 0.29) is 0 Å². The van der Waals surface area contributed by atoms with E-state index in [0.717, 1.165) is 0 Å². The smallest absolute Gasteiger partial charge is 0.410 e. The van der Waals surface area contributed by atoms with Gasteiger partial charge in [0, 0.05) is 25.2 Å². The van der Waals surface area contributed by atoms with E-state index in [1.54, 1.807) is 31.3 Å². The van der Waals surface area contributed by atoms with Crippen molar-refractivity contribution in [2.45, 2.75) is 0 Å². The first kappa shape index (κ1) is 11.8. The van der Waals surface area contributed by atoms with E-state index in [9.17, 15) is 4.79 Å². The second kappa shape index (κ2) is 5.58. The number of amides is 1. The van der Waals surface area contributed by atoms with Gasteiger partial charge in [-0.2, -0.15) is 0 Å². The summed E-state index contributed by atoms with van der Waals surface area (Å²) >= 11 is 5.69. The Hall–Kier alpha value is -1.26. The maximum atomic E-state index is 11.4. The Kier molecular flexibility index (Phi) is 4.39. The van der Waals surface area contributed by atoms with Crippen molar-refractivity contribution in [2.75, 3.05) is 20.1 Å². The Labute approximate surface area is 93.6 Å². The quantitative estimate of drug-likeness (QED) is 0.857. The molecule has 0 unspecified atom stereocenters. The number of likely N-dealkylation sites (N-methyl/N-ethyl adjacent to an activating group) is 1. The summed E-state index contributed by atoms with van der Waals surface area (Å²) in [6.45, 7) is 0.874. The maximum absolute atomic E-state index is 11.4. The second-order valence-corrected chi connectivity index (χ2v) is 3.47. The van der Waals surface area contributed by atoms with Crippen molar-refractivity contribution < 1.29 is 9.53 Å². The molecule has 0 heterocycles. The van der Waals surface area contributed by atoms with Crippen LogP contribution >= 0.6 is 11.6 Å². The van der Waals surface area contributed by atoms with Crippen molar-refractivity contribution in [3.05, 3.63) is 29.3 Å². The van der Waals surface area contributed by atoms with Gasteiger partial charge in [-0.15, -0.1) is 0 Å². The zero-order chi connectivity index (χ0) is 11.3. The molecule has 0 atom stereocenters. The van der Waals surface area contributed by atoms with Crippen molar-refractivity contribution in [3.8, 4) is 5.75 Å². The molecule has 4 nitrogen and oxygen atoms in total. The highest BCUT2D eigenvalue weighted by molar-refractivity contribution is 6.30. The summed E-state index contributed by atoms with van der Waals surface area (Å²) < 4.78 is 5.06. The molecule has 0 aromatic heterocycles. The molecule has 1 aromatic carbocycles. The number of hydrogen-bond donors (Lipinski definition) is 1. The van der Waals surface area contributed by atoms with Crippen LogP contribution < -0.4 is 10.5 Å². The second-order valence-electron chi connectivity index (χ2n) is 3.03. The Balaban J connectivity index is 2.54. The van der Waals surface area contributed by atoms with Gasteiger partial charge >= 0.3 is 6.09 Å². The Morgan fingerprint density at radius 3 is 2.60 bits per heavy atom. The molecule has 0 bridgehead atoms. The van der Waals surface area contributed by atoms with Crippen LogP contribution in [0.15, 0.2) is 24.3 Å². The Bertz CT molecular complexity index is 327. The summed E-state index contributed by atoms with van der Waals surface area (Å²) in [5.74, 6) is 0.466. The van der Waals surface area contributed by atoms with Crippen molar-refractivity contribution in [1.82, 2.24) is 4.90 Å². The first-order valence-electron chi connectivity index (χ1n) is 4.52. The predicted octanol–water partition coefficient (Wildman–Crippen LogP) is 1.73. The van der Waals surface area contributed by atoms with Gasteiger partial charge in [-0.3, -0.25) is 0 Å². The van der Waals surface area contributed by atoms with Crippen molar-refractivity contribution in [1.29, 1.82) is 0 Å². The van der Waals surface area contributed by atoms with Crippen LogP contribution in [0.5, 0.6) is 5.75 Å². The SMILES string of the molecule is CN(CCN)C(=O)Oc1ccc(Cl)cc1. The van der Waals surface area contributed by atoms with E-state index >= 15 is 0 Å². The van der Waals surface area contributed by atoms with Gasteiger partial charge in [0.15, 0.2) is 0 Å². The first-order valence-corrected chi connectivity index (χ1v) is 4.90. The van der Waals surface area contributed by atoms with Gasteiger partial charge in [0.25, 0.3) is 0 Å². The molecular weight excluding hydrogens is 216 g/mol. The van der Waals surface area contributed by atoms with Gasteiger partial charge in [-0.25, -0.2) is 4.79 Å². The van der Waals surface area contributed by atoms with Crippen LogP contribution in [0.2, 0.25) is 5.02 Å². The molecule has 0 spiro atoms. The topological polar surface area (TPSA) is 55.6 Å². The molecule has 1 aromatic rings. The normalized spacial score (nSPS) is 9.80. The van der Waals surface area contributed by atoms with Crippen LogP contribution in [-0.2, 0) is 0 Å². The highest BCUT2D eigenvalue weighted by Gasteiger charge is 2.09. The van der Waals surface area contributed by atoms with Crippen LogP contribution in [-0.4, -0.2) is 31.1 Å². The summed E-state index contributed by atoms with van der Waals surface area (Å²) in [4.78, 5) is 12.8. The summed E-state index contributed by atoms with van der Waals surface area (Å²) in [7, 11) is 1.63. The average molecular weight is 229 g/mol. The van der Waals surface area contributed by atoms with Crippen LogP contribution in [0, 0.1) is 0 Å². The molecule has 5 heteroatoms. The molecule has 0 saturated carbocycles. The third-order valence-electron chi connectivity index (χ3n) is 1.79. The standard InChI is InChI=1S/C10H13ClN2O2/c1-13(7-6-12)10(14)15-9-4-2-8(11)3-5-9/h2-5H,6-7,12H2,1H3. The van der Waals surface area contributed by atoms with Gasteiger partial charge in [0.05, 0.1) is 0 Å². The highest BCUT2D eigenvalue weighted by atomic mass is 35.5. The van der Waals surface area contributed by atoms with Gasteiger partial charge in [0.1, 0.15) is 5.75 Å². The van der Waals surface area contributed by atoms with E-state index in [1.807, 2.05) is 0 Å². The predicted molar refractivity (Wildman–Crippen MR) is 59.2 cm³/mol. The molecule has 0 aliphatic rings. The fourth-order valence-electron chi connectivity index (χ4n) is 0.966. The minimum atomic E-state index is -0.428. The lowest BCUT2D eigenvalue weighted by Gasteiger charge is -2.15. The molecule has 82 valence electrons. The van der Waals surface area contributed by atoms with E-state index in [0.29, 0.717) is 23.9 Å². The number of nitrogens with zero attached hydrogens (tertiary/aromatic N) is 1. The van der Waals surface area contributed by atoms with Gasteiger partial charge in [-0.1, -0.05) is 11.6 Å². The molecule has 0 saturated heterocycles. The van der Waals surface area contributed by atoms with Gasteiger partial charge in [-0.05, 0) is 24.3 Å². The summed E-state index contributed by atoms with van der Waals surface area (Å²) in [6, 6.07) is 6.59. The van der Waals surface area contributed by atoms with Gasteiger partial charge in [0.2, 0.25) is 0 Å². The molecule has 0 radical (unpaired) electrons. The molecular formula is C10H13ClN2O2. The minimum Gasteiger partial charge on any atom is -0.410 e. The number of ether oxygens (including phenoxy) is 1. The van der Waals surface area contributed by atoms with Gasteiger partial charge < -0.3 is 15.4 Å². The fraction of sp³-hybridized carbons (Fsp3) is 0.300. The van der Waals surface area contributed by atoms with E-state index in [1.165, 1.54) is 4.90 Å². The Morgan fingerprint density at radius 1 is 1.47 bits per heavy atom. The molecule has 1 rings (SSSR count). The summed E-state index contributed by atoms with van der Waals surface area (Å²) in [6.07, 6.45) is -0.428. The summed E-state index contributed by atoms with van der Waals surface area (Å²) in [5.41, 5.74) is 5.31. The maximum Gasteiger partial charge on any atom is 0.415 e. The van der Waals surface area contributed by atoms with E-state index < -0.39 is 6.09 Å². The lowest BCUT2D eigenvalue weighted by atomic mass is 10.3. The number of nitrogens with two attached hydrogens (primary N) is 1. The highest BCUT2D eigenvalue weighted by Crippen LogP contribution is 2.15. The third-order valence-corrected chi connectivity index (χ3v) is 2.05. The first-order chi connectivity index (χ1) is 7.13. The largest absolute Gasteiger partial charge is 0.415 e. The van der Waals surface area contributed by atoms with Crippen molar-refractivity contribution >= 4 is 17.7 Å². The van der Waals surface area contributed by atoms with Crippen molar-refractivity contribution in [2.24, 2.45) is 5.73 Å². The molecule has 2 N–H and O–H groups in total. The number of halogens is 1. The summed E-state index contributed by atoms with van der Waals surface area (Å²) in [5, 5.41) is 0.602. The number of carbonyl (C=O) groups excluding carboxylic acids is 1. The number of benzene rings is 1. The van der Waals surface area contributed by atoms with Crippen LogP contribution in [0.3, 0.4) is 0 Å². The molecule has 0 fully saturated rings. The lowest BCUT2D eigenvalue weighted by Crippen LogP contribution is -2.33. The average Bonchev–Trinajstić information content (AvgIpc) is 2.22. The number of hydrogen-bond acceptors (Lipinski definition) is 3.